The zero-order chi connectivity index (χ0) is 12.9. The summed E-state index contributed by atoms with van der Waals surface area (Å²) in [5.41, 5.74) is -0.633. The molecule has 0 aliphatic heterocycles. The van der Waals surface area contributed by atoms with E-state index < -0.39 is 17.7 Å². The average molecular weight is 233 g/mol. The molecule has 4 nitrogen and oxygen atoms in total. The first kappa shape index (κ1) is 13.0. The summed E-state index contributed by atoms with van der Waals surface area (Å²) in [5, 5.41) is 8.88. The highest BCUT2D eigenvalue weighted by molar-refractivity contribution is 5.78. The Bertz CT molecular complexity index is 415. The molecule has 0 heterocycles. The molecule has 1 aromatic rings. The van der Waals surface area contributed by atoms with Gasteiger partial charge in [-0.25, -0.2) is 4.79 Å². The molecule has 0 aliphatic carbocycles. The van der Waals surface area contributed by atoms with Crippen LogP contribution in [-0.2, 0) is 9.53 Å². The van der Waals surface area contributed by atoms with E-state index in [0.29, 0.717) is 5.75 Å². The van der Waals surface area contributed by atoms with E-state index in [1.165, 1.54) is 0 Å². The van der Waals surface area contributed by atoms with Gasteiger partial charge in [-0.3, -0.25) is 0 Å². The lowest BCUT2D eigenvalue weighted by Gasteiger charge is -2.21. The molecule has 17 heavy (non-hydrogen) atoms. The Balaban J connectivity index is 2.68. The van der Waals surface area contributed by atoms with Gasteiger partial charge in [0.2, 0.25) is 0 Å². The predicted octanol–water partition coefficient (Wildman–Crippen LogP) is 2.30. The fraction of sp³-hybridized carbons (Fsp3) is 0.385. The van der Waals surface area contributed by atoms with E-state index in [1.807, 2.05) is 6.07 Å². The van der Waals surface area contributed by atoms with Gasteiger partial charge in [-0.15, -0.1) is 0 Å². The third-order valence-electron chi connectivity index (χ3n) is 1.74. The van der Waals surface area contributed by atoms with Crippen molar-refractivity contribution in [3.63, 3.8) is 0 Å². The van der Waals surface area contributed by atoms with Crippen molar-refractivity contribution in [2.75, 3.05) is 0 Å². The number of benzene rings is 1. The summed E-state index contributed by atoms with van der Waals surface area (Å²) in [7, 11) is 0. The molecular formula is C13H15NO3. The highest BCUT2D eigenvalue weighted by Gasteiger charge is 2.26. The van der Waals surface area contributed by atoms with Gasteiger partial charge in [0.05, 0.1) is 0 Å². The SMILES string of the molecule is CC(C)(C)OC(=O)C(C#N)Oc1ccccc1. The summed E-state index contributed by atoms with van der Waals surface area (Å²) in [4.78, 5) is 11.6. The molecule has 0 amide bonds. The average Bonchev–Trinajstić information content (AvgIpc) is 2.24. The Labute approximate surface area is 101 Å². The lowest BCUT2D eigenvalue weighted by molar-refractivity contribution is -0.160. The number of para-hydroxylation sites is 1. The molecule has 1 aromatic carbocycles. The molecule has 0 saturated heterocycles. The van der Waals surface area contributed by atoms with Gasteiger partial charge in [0, 0.05) is 0 Å². The van der Waals surface area contributed by atoms with Gasteiger partial charge in [-0.1, -0.05) is 18.2 Å². The van der Waals surface area contributed by atoms with E-state index in [-0.39, 0.29) is 0 Å². The molecule has 4 heteroatoms. The standard InChI is InChI=1S/C13H15NO3/c1-13(2,3)17-12(15)11(9-14)16-10-7-5-4-6-8-10/h4-8,11H,1-3H3. The van der Waals surface area contributed by atoms with Gasteiger partial charge in [-0.05, 0) is 32.9 Å². The minimum Gasteiger partial charge on any atom is -0.464 e. The third kappa shape index (κ3) is 4.56. The molecular weight excluding hydrogens is 218 g/mol. The Morgan fingerprint density at radius 2 is 1.88 bits per heavy atom. The summed E-state index contributed by atoms with van der Waals surface area (Å²) in [6, 6.07) is 10.5. The van der Waals surface area contributed by atoms with Gasteiger partial charge in [0.15, 0.2) is 0 Å². The minimum atomic E-state index is -1.24. The fourth-order valence-corrected chi connectivity index (χ4v) is 1.12. The molecule has 0 aromatic heterocycles. The number of rotatable bonds is 3. The van der Waals surface area contributed by atoms with E-state index in [2.05, 4.69) is 0 Å². The smallest absolute Gasteiger partial charge is 0.362 e. The van der Waals surface area contributed by atoms with Gasteiger partial charge in [-0.2, -0.15) is 5.26 Å². The molecule has 0 saturated carbocycles. The Morgan fingerprint density at radius 1 is 1.29 bits per heavy atom. The maximum Gasteiger partial charge on any atom is 0.362 e. The molecule has 0 N–H and O–H groups in total. The van der Waals surface area contributed by atoms with Crippen LogP contribution in [0.25, 0.3) is 0 Å². The quantitative estimate of drug-likeness (QED) is 0.751. The summed E-state index contributed by atoms with van der Waals surface area (Å²) in [5.74, 6) is -0.214. The van der Waals surface area contributed by atoms with Crippen LogP contribution in [0, 0.1) is 11.3 Å². The number of carbonyl (C=O) groups excluding carboxylic acids is 1. The van der Waals surface area contributed by atoms with Crippen LogP contribution in [-0.4, -0.2) is 17.7 Å². The second-order valence-electron chi connectivity index (χ2n) is 4.47. The van der Waals surface area contributed by atoms with Crippen molar-refractivity contribution in [2.45, 2.75) is 32.5 Å². The van der Waals surface area contributed by atoms with Crippen LogP contribution in [0.4, 0.5) is 0 Å². The molecule has 1 atom stereocenters. The largest absolute Gasteiger partial charge is 0.464 e. The fourth-order valence-electron chi connectivity index (χ4n) is 1.12. The van der Waals surface area contributed by atoms with Crippen molar-refractivity contribution in [2.24, 2.45) is 0 Å². The van der Waals surface area contributed by atoms with Crippen molar-refractivity contribution in [1.29, 1.82) is 5.26 Å². The van der Waals surface area contributed by atoms with Crippen LogP contribution >= 0.6 is 0 Å². The number of nitriles is 1. The van der Waals surface area contributed by atoms with Gasteiger partial charge < -0.3 is 9.47 Å². The lowest BCUT2D eigenvalue weighted by atomic mass is 10.2. The van der Waals surface area contributed by atoms with E-state index >= 15 is 0 Å². The number of carbonyl (C=O) groups is 1. The van der Waals surface area contributed by atoms with Crippen LogP contribution in [0.5, 0.6) is 5.75 Å². The highest BCUT2D eigenvalue weighted by atomic mass is 16.6. The third-order valence-corrected chi connectivity index (χ3v) is 1.74. The zero-order valence-electron chi connectivity index (χ0n) is 10.1. The number of hydrogen-bond donors (Lipinski definition) is 0. The van der Waals surface area contributed by atoms with Gasteiger partial charge in [0.25, 0.3) is 6.10 Å². The molecule has 0 aliphatic rings. The number of esters is 1. The second kappa shape index (κ2) is 5.35. The molecule has 0 spiro atoms. The van der Waals surface area contributed by atoms with Crippen molar-refractivity contribution < 1.29 is 14.3 Å². The number of nitrogens with zero attached hydrogens (tertiary/aromatic N) is 1. The molecule has 0 radical (unpaired) electrons. The summed E-state index contributed by atoms with van der Waals surface area (Å²) < 4.78 is 10.3. The summed E-state index contributed by atoms with van der Waals surface area (Å²) in [6.45, 7) is 5.21. The van der Waals surface area contributed by atoms with Crippen molar-refractivity contribution in [1.82, 2.24) is 0 Å². The Kier molecular flexibility index (Phi) is 4.11. The van der Waals surface area contributed by atoms with E-state index in [0.717, 1.165) is 0 Å². The monoisotopic (exact) mass is 233 g/mol. The number of ether oxygens (including phenoxy) is 2. The molecule has 1 rings (SSSR count). The summed E-state index contributed by atoms with van der Waals surface area (Å²) >= 11 is 0. The van der Waals surface area contributed by atoms with Crippen molar-refractivity contribution in [3.05, 3.63) is 30.3 Å². The Hall–Kier alpha value is -2.02. The van der Waals surface area contributed by atoms with Gasteiger partial charge in [0.1, 0.15) is 17.4 Å². The van der Waals surface area contributed by atoms with E-state index in [4.69, 9.17) is 14.7 Å². The van der Waals surface area contributed by atoms with Crippen LogP contribution in [0.1, 0.15) is 20.8 Å². The van der Waals surface area contributed by atoms with E-state index in [9.17, 15) is 4.79 Å². The van der Waals surface area contributed by atoms with E-state index in [1.54, 1.807) is 51.1 Å². The van der Waals surface area contributed by atoms with Gasteiger partial charge >= 0.3 is 5.97 Å². The first-order valence-electron chi connectivity index (χ1n) is 5.26. The molecule has 1 unspecified atom stereocenters. The molecule has 0 fully saturated rings. The maximum atomic E-state index is 11.6. The zero-order valence-corrected chi connectivity index (χ0v) is 10.1. The first-order valence-corrected chi connectivity index (χ1v) is 5.26. The highest BCUT2D eigenvalue weighted by Crippen LogP contribution is 2.14. The minimum absolute atomic E-state index is 0.463. The Morgan fingerprint density at radius 3 is 2.35 bits per heavy atom. The van der Waals surface area contributed by atoms with Crippen LogP contribution in [0.2, 0.25) is 0 Å². The first-order chi connectivity index (χ1) is 7.92. The number of hydrogen-bond acceptors (Lipinski definition) is 4. The summed E-state index contributed by atoms with van der Waals surface area (Å²) in [6.07, 6.45) is -1.24. The second-order valence-corrected chi connectivity index (χ2v) is 4.47. The topological polar surface area (TPSA) is 59.3 Å². The van der Waals surface area contributed by atoms with Crippen molar-refractivity contribution >= 4 is 5.97 Å². The lowest BCUT2D eigenvalue weighted by Crippen LogP contribution is -2.34. The molecule has 0 bridgehead atoms. The van der Waals surface area contributed by atoms with Crippen LogP contribution in [0.3, 0.4) is 0 Å². The molecule has 90 valence electrons. The van der Waals surface area contributed by atoms with Crippen LogP contribution < -0.4 is 4.74 Å². The van der Waals surface area contributed by atoms with Crippen molar-refractivity contribution in [3.8, 4) is 11.8 Å². The van der Waals surface area contributed by atoms with Crippen LogP contribution in [0.15, 0.2) is 30.3 Å². The predicted molar refractivity (Wildman–Crippen MR) is 62.3 cm³/mol. The normalized spacial score (nSPS) is 12.4. The maximum absolute atomic E-state index is 11.6.